The van der Waals surface area contributed by atoms with E-state index in [0.29, 0.717) is 0 Å². The van der Waals surface area contributed by atoms with Crippen molar-refractivity contribution in [1.82, 2.24) is 0 Å². The molecule has 0 radical (unpaired) electrons. The molecule has 0 aliphatic heterocycles. The van der Waals surface area contributed by atoms with Gasteiger partial charge in [-0.15, -0.1) is 0 Å². The molecule has 0 heterocycles. The Morgan fingerprint density at radius 3 is 1.92 bits per heavy atom. The maximum atomic E-state index is 12.1. The lowest BCUT2D eigenvalue weighted by molar-refractivity contribution is -0.153. The van der Waals surface area contributed by atoms with Gasteiger partial charge in [0, 0.05) is 11.1 Å². The van der Waals surface area contributed by atoms with E-state index >= 15 is 0 Å². The fraction of sp³-hybridized carbons (Fsp3) is 0.333. The van der Waals surface area contributed by atoms with Crippen LogP contribution in [-0.4, -0.2) is 12.8 Å². The van der Waals surface area contributed by atoms with Crippen LogP contribution >= 0.6 is 0 Å². The van der Waals surface area contributed by atoms with Gasteiger partial charge < -0.3 is 4.74 Å². The average Bonchev–Trinajstić information content (AvgIpc) is 2.60. The largest absolute Gasteiger partial charge is 0.484 e. The summed E-state index contributed by atoms with van der Waals surface area (Å²) in [5.74, 6) is 6.24. The van der Waals surface area contributed by atoms with Crippen molar-refractivity contribution in [3.8, 4) is 17.6 Å². The summed E-state index contributed by atoms with van der Waals surface area (Å²) < 4.78 is 41.0. The molecule has 0 atom stereocenters. The lowest BCUT2D eigenvalue weighted by atomic mass is 10.1. The van der Waals surface area contributed by atoms with Crippen LogP contribution in [0.2, 0.25) is 0 Å². The van der Waals surface area contributed by atoms with Crippen molar-refractivity contribution in [2.45, 2.75) is 38.8 Å². The molecule has 4 heteroatoms. The third-order valence-corrected chi connectivity index (χ3v) is 3.63. The molecule has 0 aliphatic rings. The number of rotatable bonds is 6. The predicted molar refractivity (Wildman–Crippen MR) is 93.6 cm³/mol. The summed E-state index contributed by atoms with van der Waals surface area (Å²) >= 11 is 0. The lowest BCUT2D eigenvalue weighted by Crippen LogP contribution is -2.19. The normalized spacial score (nSPS) is 10.9. The van der Waals surface area contributed by atoms with Gasteiger partial charge in [0.15, 0.2) is 6.61 Å². The molecule has 0 amide bonds. The fourth-order valence-electron chi connectivity index (χ4n) is 2.28. The SMILES string of the molecule is CCCCCc1ccc(C#Cc2ccc(OCC(F)(F)F)cc2)cc1. The van der Waals surface area contributed by atoms with E-state index in [1.165, 1.54) is 37.0 Å². The smallest absolute Gasteiger partial charge is 0.422 e. The fourth-order valence-corrected chi connectivity index (χ4v) is 2.28. The topological polar surface area (TPSA) is 9.23 Å². The maximum Gasteiger partial charge on any atom is 0.422 e. The highest BCUT2D eigenvalue weighted by atomic mass is 19.4. The third-order valence-electron chi connectivity index (χ3n) is 3.63. The van der Waals surface area contributed by atoms with Crippen LogP contribution in [-0.2, 0) is 6.42 Å². The number of benzene rings is 2. The summed E-state index contributed by atoms with van der Waals surface area (Å²) in [4.78, 5) is 0. The first kappa shape index (κ1) is 18.9. The van der Waals surface area contributed by atoms with E-state index in [1.54, 1.807) is 12.1 Å². The van der Waals surface area contributed by atoms with Crippen molar-refractivity contribution < 1.29 is 17.9 Å². The van der Waals surface area contributed by atoms with Crippen molar-refractivity contribution in [3.63, 3.8) is 0 Å². The number of halogens is 3. The first-order chi connectivity index (χ1) is 12.0. The number of hydrogen-bond acceptors (Lipinski definition) is 1. The Balaban J connectivity index is 1.92. The molecular weight excluding hydrogens is 325 g/mol. The van der Waals surface area contributed by atoms with Gasteiger partial charge in [0.2, 0.25) is 0 Å². The Labute approximate surface area is 146 Å². The molecular formula is C21H21F3O. The van der Waals surface area contributed by atoms with Crippen LogP contribution in [0.1, 0.15) is 42.9 Å². The molecule has 0 fully saturated rings. The Morgan fingerprint density at radius 1 is 0.840 bits per heavy atom. The minimum absolute atomic E-state index is 0.180. The molecule has 0 unspecified atom stereocenters. The van der Waals surface area contributed by atoms with Gasteiger partial charge >= 0.3 is 6.18 Å². The monoisotopic (exact) mass is 346 g/mol. The van der Waals surface area contributed by atoms with Crippen molar-refractivity contribution in [2.75, 3.05) is 6.61 Å². The van der Waals surface area contributed by atoms with Crippen molar-refractivity contribution in [2.24, 2.45) is 0 Å². The molecule has 2 rings (SSSR count). The van der Waals surface area contributed by atoms with E-state index in [4.69, 9.17) is 0 Å². The molecule has 0 bridgehead atoms. The molecule has 0 saturated carbocycles. The molecule has 2 aromatic rings. The van der Waals surface area contributed by atoms with Crippen molar-refractivity contribution in [1.29, 1.82) is 0 Å². The molecule has 2 aromatic carbocycles. The van der Waals surface area contributed by atoms with Crippen molar-refractivity contribution >= 4 is 0 Å². The minimum Gasteiger partial charge on any atom is -0.484 e. The summed E-state index contributed by atoms with van der Waals surface area (Å²) in [5.41, 5.74) is 2.95. The lowest BCUT2D eigenvalue weighted by Gasteiger charge is -2.08. The molecule has 0 aliphatic carbocycles. The Bertz CT molecular complexity index is 704. The van der Waals surface area contributed by atoms with E-state index in [-0.39, 0.29) is 5.75 Å². The zero-order valence-corrected chi connectivity index (χ0v) is 14.2. The minimum atomic E-state index is -4.33. The van der Waals surface area contributed by atoms with Gasteiger partial charge in [-0.25, -0.2) is 0 Å². The number of hydrogen-bond donors (Lipinski definition) is 0. The number of alkyl halides is 3. The number of unbranched alkanes of at least 4 members (excludes halogenated alkanes) is 2. The second-order valence-electron chi connectivity index (χ2n) is 5.83. The highest BCUT2D eigenvalue weighted by Crippen LogP contribution is 2.18. The van der Waals surface area contributed by atoms with Gasteiger partial charge in [0.05, 0.1) is 0 Å². The molecule has 132 valence electrons. The molecule has 25 heavy (non-hydrogen) atoms. The van der Waals surface area contributed by atoms with Crippen molar-refractivity contribution in [3.05, 3.63) is 65.2 Å². The Morgan fingerprint density at radius 2 is 1.40 bits per heavy atom. The second-order valence-corrected chi connectivity index (χ2v) is 5.83. The van der Waals surface area contributed by atoms with E-state index in [9.17, 15) is 13.2 Å². The van der Waals surface area contributed by atoms with Gasteiger partial charge in [0.25, 0.3) is 0 Å². The average molecular weight is 346 g/mol. The standard InChI is InChI=1S/C21H21F3O/c1-2-3-4-5-17-6-8-18(9-7-17)10-11-19-12-14-20(15-13-19)25-16-21(22,23)24/h6-9,12-15H,2-5,16H2,1H3. The number of aryl methyl sites for hydroxylation is 1. The highest BCUT2D eigenvalue weighted by molar-refractivity contribution is 5.44. The molecule has 0 N–H and O–H groups in total. The first-order valence-corrected chi connectivity index (χ1v) is 8.37. The van der Waals surface area contributed by atoms with E-state index in [2.05, 4.69) is 35.6 Å². The summed E-state index contributed by atoms with van der Waals surface area (Å²) in [5, 5.41) is 0. The highest BCUT2D eigenvalue weighted by Gasteiger charge is 2.28. The summed E-state index contributed by atoms with van der Waals surface area (Å²) in [7, 11) is 0. The predicted octanol–water partition coefficient (Wildman–Crippen LogP) is 5.76. The van der Waals surface area contributed by atoms with Gasteiger partial charge in [-0.3, -0.25) is 0 Å². The van der Waals surface area contributed by atoms with Crippen LogP contribution in [0, 0.1) is 11.8 Å². The maximum absolute atomic E-state index is 12.1. The molecule has 0 spiro atoms. The molecule has 0 saturated heterocycles. The summed E-state index contributed by atoms with van der Waals surface area (Å²) in [6, 6.07) is 14.5. The quantitative estimate of drug-likeness (QED) is 0.477. The zero-order chi connectivity index (χ0) is 18.1. The van der Waals surface area contributed by atoms with Gasteiger partial charge in [0.1, 0.15) is 5.75 Å². The molecule has 1 nitrogen and oxygen atoms in total. The van der Waals surface area contributed by atoms with Crippen LogP contribution in [0.3, 0.4) is 0 Å². The Kier molecular flexibility index (Phi) is 6.94. The third kappa shape index (κ3) is 7.34. The van der Waals surface area contributed by atoms with Crippen LogP contribution in [0.25, 0.3) is 0 Å². The van der Waals surface area contributed by atoms with Crippen LogP contribution in [0.5, 0.6) is 5.75 Å². The Hall–Kier alpha value is -2.41. The van der Waals surface area contributed by atoms with E-state index < -0.39 is 12.8 Å². The summed E-state index contributed by atoms with van der Waals surface area (Å²) in [6.45, 7) is 0.899. The van der Waals surface area contributed by atoms with Crippen LogP contribution < -0.4 is 4.74 Å². The molecule has 0 aromatic heterocycles. The van der Waals surface area contributed by atoms with E-state index in [1.807, 2.05) is 12.1 Å². The van der Waals surface area contributed by atoms with Crippen LogP contribution in [0.4, 0.5) is 13.2 Å². The number of ether oxygens (including phenoxy) is 1. The van der Waals surface area contributed by atoms with Crippen LogP contribution in [0.15, 0.2) is 48.5 Å². The van der Waals surface area contributed by atoms with Gasteiger partial charge in [-0.1, -0.05) is 43.7 Å². The zero-order valence-electron chi connectivity index (χ0n) is 14.2. The first-order valence-electron chi connectivity index (χ1n) is 8.37. The second kappa shape index (κ2) is 9.17. The van der Waals surface area contributed by atoms with E-state index in [0.717, 1.165) is 17.5 Å². The summed E-state index contributed by atoms with van der Waals surface area (Å²) in [6.07, 6.45) is 0.403. The van der Waals surface area contributed by atoms with Gasteiger partial charge in [-0.2, -0.15) is 13.2 Å². The van der Waals surface area contributed by atoms with Gasteiger partial charge in [-0.05, 0) is 54.8 Å².